The molecule has 0 atom stereocenters. The molecule has 0 unspecified atom stereocenters. The number of hydrogen-bond donors (Lipinski definition) is 2. The molecule has 0 fully saturated rings. The van der Waals surface area contributed by atoms with Gasteiger partial charge in [-0.2, -0.15) is 0 Å². The summed E-state index contributed by atoms with van der Waals surface area (Å²) in [6.07, 6.45) is 0. The Labute approximate surface area is 156 Å². The van der Waals surface area contributed by atoms with Crippen molar-refractivity contribution in [3.05, 3.63) is 77.5 Å². The molecule has 1 aromatic heterocycles. The van der Waals surface area contributed by atoms with Crippen LogP contribution in [0.2, 0.25) is 0 Å². The number of methoxy groups -OCH3 is 1. The maximum absolute atomic E-state index is 13.0. The number of carbonyl (C=O) groups excluding carboxylic acids is 1. The highest BCUT2D eigenvalue weighted by Crippen LogP contribution is 2.18. The zero-order valence-electron chi connectivity index (χ0n) is 15.0. The van der Waals surface area contributed by atoms with Crippen molar-refractivity contribution < 1.29 is 13.9 Å². The predicted molar refractivity (Wildman–Crippen MR) is 101 cm³/mol. The lowest BCUT2D eigenvalue weighted by Gasteiger charge is -2.10. The molecule has 0 spiro atoms. The van der Waals surface area contributed by atoms with Gasteiger partial charge in [0.25, 0.3) is 5.91 Å². The first-order valence-electron chi connectivity index (χ1n) is 8.33. The van der Waals surface area contributed by atoms with Crippen molar-refractivity contribution in [2.75, 3.05) is 17.7 Å². The highest BCUT2D eigenvalue weighted by molar-refractivity contribution is 6.03. The Hall–Kier alpha value is -3.48. The lowest BCUT2D eigenvalue weighted by molar-refractivity contribution is 0.102. The minimum Gasteiger partial charge on any atom is -0.497 e. The van der Waals surface area contributed by atoms with Gasteiger partial charge in [0, 0.05) is 24.4 Å². The van der Waals surface area contributed by atoms with Crippen molar-refractivity contribution in [3.8, 4) is 5.75 Å². The van der Waals surface area contributed by atoms with Crippen LogP contribution in [0.4, 0.5) is 15.9 Å². The van der Waals surface area contributed by atoms with E-state index in [0.717, 1.165) is 5.56 Å². The summed E-state index contributed by atoms with van der Waals surface area (Å²) < 4.78 is 18.1. The van der Waals surface area contributed by atoms with Crippen LogP contribution >= 0.6 is 0 Å². The van der Waals surface area contributed by atoms with Crippen LogP contribution in [0, 0.1) is 12.7 Å². The van der Waals surface area contributed by atoms with Gasteiger partial charge in [0.2, 0.25) is 0 Å². The van der Waals surface area contributed by atoms with E-state index < -0.39 is 0 Å². The maximum Gasteiger partial charge on any atom is 0.274 e. The van der Waals surface area contributed by atoms with E-state index in [1.807, 2.05) is 0 Å². The van der Waals surface area contributed by atoms with Gasteiger partial charge in [-0.1, -0.05) is 18.2 Å². The summed E-state index contributed by atoms with van der Waals surface area (Å²) in [5.41, 5.74) is 1.75. The standard InChI is InChI=1S/C20H19FN4O2/c1-13-23-18(20(26)25-16-4-3-5-17(10-16)27-2)11-19(24-13)22-12-14-6-8-15(21)9-7-14/h3-11H,12H2,1-2H3,(H,25,26)(H,22,23,24). The first-order valence-corrected chi connectivity index (χ1v) is 8.33. The fraction of sp³-hybridized carbons (Fsp3) is 0.150. The quantitative estimate of drug-likeness (QED) is 0.694. The summed E-state index contributed by atoms with van der Waals surface area (Å²) in [5, 5.41) is 5.91. The average Bonchev–Trinajstić information content (AvgIpc) is 2.67. The van der Waals surface area contributed by atoms with Crippen LogP contribution in [0.3, 0.4) is 0 Å². The summed E-state index contributed by atoms with van der Waals surface area (Å²) in [6, 6.07) is 14.8. The summed E-state index contributed by atoms with van der Waals surface area (Å²) in [7, 11) is 1.56. The minimum atomic E-state index is -0.349. The van der Waals surface area contributed by atoms with Gasteiger partial charge in [0.05, 0.1) is 7.11 Å². The number of halogens is 1. The number of anilines is 2. The number of rotatable bonds is 6. The largest absolute Gasteiger partial charge is 0.497 e. The third-order valence-corrected chi connectivity index (χ3v) is 3.79. The predicted octanol–water partition coefficient (Wildman–Crippen LogP) is 3.80. The molecular formula is C20H19FN4O2. The zero-order valence-corrected chi connectivity index (χ0v) is 15.0. The third kappa shape index (κ3) is 5.01. The molecular weight excluding hydrogens is 347 g/mol. The molecule has 1 amide bonds. The second-order valence-electron chi connectivity index (χ2n) is 5.85. The van der Waals surface area contributed by atoms with Crippen LogP contribution < -0.4 is 15.4 Å². The molecule has 0 saturated carbocycles. The number of benzene rings is 2. The molecule has 1 heterocycles. The molecule has 3 aromatic rings. The van der Waals surface area contributed by atoms with E-state index in [9.17, 15) is 9.18 Å². The molecule has 0 radical (unpaired) electrons. The Balaban J connectivity index is 1.71. The van der Waals surface area contributed by atoms with E-state index in [4.69, 9.17) is 4.74 Å². The van der Waals surface area contributed by atoms with Crippen molar-refractivity contribution in [3.63, 3.8) is 0 Å². The molecule has 2 aromatic carbocycles. The second-order valence-corrected chi connectivity index (χ2v) is 5.85. The van der Waals surface area contributed by atoms with Gasteiger partial charge in [-0.05, 0) is 36.8 Å². The van der Waals surface area contributed by atoms with Crippen LogP contribution in [0.1, 0.15) is 21.9 Å². The molecule has 0 bridgehead atoms. The number of nitrogens with zero attached hydrogens (tertiary/aromatic N) is 2. The summed E-state index contributed by atoms with van der Waals surface area (Å²) in [5.74, 6) is 0.998. The fourth-order valence-electron chi connectivity index (χ4n) is 2.47. The summed E-state index contributed by atoms with van der Waals surface area (Å²) in [4.78, 5) is 21.0. The van der Waals surface area contributed by atoms with Gasteiger partial charge in [-0.3, -0.25) is 4.79 Å². The third-order valence-electron chi connectivity index (χ3n) is 3.79. The van der Waals surface area contributed by atoms with Gasteiger partial charge in [0.1, 0.15) is 28.9 Å². The van der Waals surface area contributed by atoms with Gasteiger partial charge < -0.3 is 15.4 Å². The molecule has 7 heteroatoms. The molecule has 138 valence electrons. The first kappa shape index (κ1) is 18.3. The topological polar surface area (TPSA) is 76.1 Å². The molecule has 2 N–H and O–H groups in total. The van der Waals surface area contributed by atoms with Gasteiger partial charge in [-0.15, -0.1) is 0 Å². The molecule has 27 heavy (non-hydrogen) atoms. The molecule has 6 nitrogen and oxygen atoms in total. The number of amides is 1. The molecule has 3 rings (SSSR count). The summed E-state index contributed by atoms with van der Waals surface area (Å²) in [6.45, 7) is 2.17. The normalized spacial score (nSPS) is 10.3. The SMILES string of the molecule is COc1cccc(NC(=O)c2cc(NCc3ccc(F)cc3)nc(C)n2)c1. The first-order chi connectivity index (χ1) is 13.0. The van der Waals surface area contributed by atoms with E-state index in [2.05, 4.69) is 20.6 Å². The fourth-order valence-corrected chi connectivity index (χ4v) is 2.47. The number of aromatic nitrogens is 2. The van der Waals surface area contributed by atoms with Crippen molar-refractivity contribution >= 4 is 17.4 Å². The lowest BCUT2D eigenvalue weighted by atomic mass is 10.2. The maximum atomic E-state index is 13.0. The van der Waals surface area contributed by atoms with E-state index in [1.54, 1.807) is 56.5 Å². The van der Waals surface area contributed by atoms with Crippen molar-refractivity contribution in [2.24, 2.45) is 0 Å². The summed E-state index contributed by atoms with van der Waals surface area (Å²) >= 11 is 0. The number of aryl methyl sites for hydroxylation is 1. The lowest BCUT2D eigenvalue weighted by Crippen LogP contribution is -2.16. The highest BCUT2D eigenvalue weighted by Gasteiger charge is 2.11. The molecule has 0 aliphatic heterocycles. The minimum absolute atomic E-state index is 0.243. The zero-order chi connectivity index (χ0) is 19.2. The van der Waals surface area contributed by atoms with E-state index in [0.29, 0.717) is 29.6 Å². The van der Waals surface area contributed by atoms with E-state index >= 15 is 0 Å². The Bertz CT molecular complexity index is 945. The van der Waals surface area contributed by atoms with Gasteiger partial charge in [0.15, 0.2) is 0 Å². The van der Waals surface area contributed by atoms with Crippen LogP contribution in [-0.4, -0.2) is 23.0 Å². The average molecular weight is 366 g/mol. The van der Waals surface area contributed by atoms with Crippen LogP contribution in [0.15, 0.2) is 54.6 Å². The van der Waals surface area contributed by atoms with Crippen molar-refractivity contribution in [1.29, 1.82) is 0 Å². The number of ether oxygens (including phenoxy) is 1. The van der Waals surface area contributed by atoms with E-state index in [-0.39, 0.29) is 17.4 Å². The molecule has 0 aliphatic carbocycles. The monoisotopic (exact) mass is 366 g/mol. The molecule has 0 saturated heterocycles. The second kappa shape index (κ2) is 8.27. The van der Waals surface area contributed by atoms with Crippen molar-refractivity contribution in [2.45, 2.75) is 13.5 Å². The van der Waals surface area contributed by atoms with Crippen LogP contribution in [-0.2, 0) is 6.54 Å². The van der Waals surface area contributed by atoms with E-state index in [1.165, 1.54) is 12.1 Å². The molecule has 0 aliphatic rings. The Morgan fingerprint density at radius 2 is 1.89 bits per heavy atom. The Morgan fingerprint density at radius 3 is 2.63 bits per heavy atom. The number of hydrogen-bond acceptors (Lipinski definition) is 5. The van der Waals surface area contributed by atoms with Crippen molar-refractivity contribution in [1.82, 2.24) is 9.97 Å². The Kier molecular flexibility index (Phi) is 5.61. The number of nitrogens with one attached hydrogen (secondary N) is 2. The smallest absolute Gasteiger partial charge is 0.274 e. The van der Waals surface area contributed by atoms with Crippen LogP contribution in [0.5, 0.6) is 5.75 Å². The van der Waals surface area contributed by atoms with Gasteiger partial charge >= 0.3 is 0 Å². The van der Waals surface area contributed by atoms with Gasteiger partial charge in [-0.25, -0.2) is 14.4 Å². The highest BCUT2D eigenvalue weighted by atomic mass is 19.1. The number of carbonyl (C=O) groups is 1. The Morgan fingerprint density at radius 1 is 1.11 bits per heavy atom. The van der Waals surface area contributed by atoms with Crippen LogP contribution in [0.25, 0.3) is 0 Å².